The van der Waals surface area contributed by atoms with Gasteiger partial charge in [-0.05, 0) is 49.8 Å². The number of pyridine rings is 1. The van der Waals surface area contributed by atoms with Crippen LogP contribution in [0.1, 0.15) is 68.2 Å². The van der Waals surface area contributed by atoms with Gasteiger partial charge in [0.15, 0.2) is 5.78 Å². The number of Topliss-reactive ketones (excluding diaryl/α,β-unsaturated/α-hetero) is 1. The Balaban J connectivity index is 1.90. The minimum Gasteiger partial charge on any atom is -0.486 e. The van der Waals surface area contributed by atoms with Crippen molar-refractivity contribution in [2.45, 2.75) is 59.5 Å². The molecule has 0 aliphatic heterocycles. The predicted molar refractivity (Wildman–Crippen MR) is 120 cm³/mol. The second-order valence-corrected chi connectivity index (χ2v) is 10.0. The first-order valence-corrected chi connectivity index (χ1v) is 10.6. The summed E-state index contributed by atoms with van der Waals surface area (Å²) >= 11 is 0. The zero-order valence-electron chi connectivity index (χ0n) is 18.5. The molecule has 1 aliphatic carbocycles. The maximum absolute atomic E-state index is 13.2. The summed E-state index contributed by atoms with van der Waals surface area (Å²) in [5, 5.41) is 0. The van der Waals surface area contributed by atoms with Crippen LogP contribution < -0.4 is 4.74 Å². The predicted octanol–water partition coefficient (Wildman–Crippen LogP) is 6.00. The number of hydrogen-bond acceptors (Lipinski definition) is 3. The summed E-state index contributed by atoms with van der Waals surface area (Å²) in [6.07, 6.45) is 5.67. The first-order chi connectivity index (χ1) is 14.1. The van der Waals surface area contributed by atoms with Crippen LogP contribution in [-0.2, 0) is 12.8 Å². The lowest BCUT2D eigenvalue weighted by molar-refractivity contribution is 0.0911. The fourth-order valence-corrected chi connectivity index (χ4v) is 4.33. The van der Waals surface area contributed by atoms with E-state index in [2.05, 4.69) is 35.9 Å². The molecule has 4 rings (SSSR count). The molecule has 4 nitrogen and oxygen atoms in total. The molecule has 4 heteroatoms. The van der Waals surface area contributed by atoms with E-state index in [1.54, 1.807) is 12.4 Å². The summed E-state index contributed by atoms with van der Waals surface area (Å²) in [7, 11) is 0. The summed E-state index contributed by atoms with van der Waals surface area (Å²) in [5.41, 5.74) is 5.68. The number of fused-ring (bicyclic) bond motifs is 1. The number of ether oxygens (including phenoxy) is 1. The molecule has 0 unspecified atom stereocenters. The Labute approximate surface area is 178 Å². The molecule has 2 aromatic heterocycles. The number of aromatic amines is 1. The van der Waals surface area contributed by atoms with E-state index in [0.717, 1.165) is 40.2 Å². The molecule has 156 valence electrons. The van der Waals surface area contributed by atoms with Gasteiger partial charge in [0.05, 0.1) is 11.9 Å². The van der Waals surface area contributed by atoms with Crippen LogP contribution in [0.2, 0.25) is 0 Å². The highest BCUT2D eigenvalue weighted by atomic mass is 16.5. The second-order valence-electron chi connectivity index (χ2n) is 10.0. The van der Waals surface area contributed by atoms with Crippen molar-refractivity contribution < 1.29 is 9.53 Å². The lowest BCUT2D eigenvalue weighted by Gasteiger charge is -2.28. The van der Waals surface area contributed by atoms with Gasteiger partial charge in [-0.2, -0.15) is 0 Å². The monoisotopic (exact) mass is 402 g/mol. The van der Waals surface area contributed by atoms with Gasteiger partial charge in [0, 0.05) is 35.9 Å². The van der Waals surface area contributed by atoms with Crippen molar-refractivity contribution >= 4 is 5.78 Å². The Hall–Kier alpha value is -2.88. The molecule has 0 bridgehead atoms. The SMILES string of the molecule is CC1(C)CC(=O)c2c([nH]c(-c3ccncc3OC(C)(C)C)c2Cc2ccccc2)C1. The Bertz CT molecular complexity index is 1070. The van der Waals surface area contributed by atoms with Gasteiger partial charge in [-0.3, -0.25) is 9.78 Å². The third-order valence-electron chi connectivity index (χ3n) is 5.45. The van der Waals surface area contributed by atoms with Crippen molar-refractivity contribution in [3.8, 4) is 17.0 Å². The second kappa shape index (κ2) is 7.42. The van der Waals surface area contributed by atoms with Gasteiger partial charge < -0.3 is 9.72 Å². The fourth-order valence-electron chi connectivity index (χ4n) is 4.33. The summed E-state index contributed by atoms with van der Waals surface area (Å²) in [4.78, 5) is 21.1. The average Bonchev–Trinajstić information content (AvgIpc) is 2.98. The number of carbonyl (C=O) groups is 1. The van der Waals surface area contributed by atoms with Gasteiger partial charge in [-0.25, -0.2) is 0 Å². The Kier molecular flexibility index (Phi) is 5.05. The normalized spacial score (nSPS) is 15.7. The van der Waals surface area contributed by atoms with Crippen LogP contribution in [0, 0.1) is 5.41 Å². The zero-order chi connectivity index (χ0) is 21.5. The Morgan fingerprint density at radius 1 is 1.10 bits per heavy atom. The summed E-state index contributed by atoms with van der Waals surface area (Å²) < 4.78 is 6.22. The number of nitrogens with zero attached hydrogens (tertiary/aromatic N) is 1. The van der Waals surface area contributed by atoms with Crippen molar-refractivity contribution in [3.05, 3.63) is 71.2 Å². The minimum atomic E-state index is -0.346. The highest BCUT2D eigenvalue weighted by molar-refractivity contribution is 6.02. The van der Waals surface area contributed by atoms with Crippen LogP contribution in [0.4, 0.5) is 0 Å². The fraction of sp³-hybridized carbons (Fsp3) is 0.385. The molecule has 1 aromatic carbocycles. The maximum atomic E-state index is 13.2. The highest BCUT2D eigenvalue weighted by Gasteiger charge is 2.36. The number of nitrogens with one attached hydrogen (secondary N) is 1. The van der Waals surface area contributed by atoms with Gasteiger partial charge >= 0.3 is 0 Å². The number of carbonyl (C=O) groups excluding carboxylic acids is 1. The smallest absolute Gasteiger partial charge is 0.165 e. The number of rotatable bonds is 4. The molecular weight excluding hydrogens is 372 g/mol. The van der Waals surface area contributed by atoms with Crippen LogP contribution in [0.25, 0.3) is 11.3 Å². The van der Waals surface area contributed by atoms with Crippen LogP contribution in [0.15, 0.2) is 48.8 Å². The highest BCUT2D eigenvalue weighted by Crippen LogP contribution is 2.42. The standard InChI is InChI=1S/C26H30N2O2/c1-25(2,3)30-22-16-27-12-11-18(22)24-19(13-17-9-7-6-8-10-17)23-20(28-24)14-26(4,5)15-21(23)29/h6-12,16,28H,13-15H2,1-5H3. The van der Waals surface area contributed by atoms with E-state index in [1.165, 1.54) is 5.56 Å². The molecule has 0 saturated carbocycles. The van der Waals surface area contributed by atoms with E-state index in [1.807, 2.05) is 45.0 Å². The van der Waals surface area contributed by atoms with Gasteiger partial charge in [-0.1, -0.05) is 44.2 Å². The van der Waals surface area contributed by atoms with Crippen molar-refractivity contribution in [1.29, 1.82) is 0 Å². The topological polar surface area (TPSA) is 55.0 Å². The molecule has 0 radical (unpaired) electrons. The number of hydrogen-bond donors (Lipinski definition) is 1. The van der Waals surface area contributed by atoms with Crippen LogP contribution >= 0.6 is 0 Å². The third-order valence-corrected chi connectivity index (χ3v) is 5.45. The molecule has 1 aliphatic rings. The quantitative estimate of drug-likeness (QED) is 0.582. The summed E-state index contributed by atoms with van der Waals surface area (Å²) in [6.45, 7) is 10.4. The lowest BCUT2D eigenvalue weighted by atomic mass is 9.75. The number of benzene rings is 1. The molecule has 30 heavy (non-hydrogen) atoms. The molecular formula is C26H30N2O2. The van der Waals surface area contributed by atoms with Crippen molar-refractivity contribution in [2.24, 2.45) is 5.41 Å². The first-order valence-electron chi connectivity index (χ1n) is 10.6. The molecule has 1 N–H and O–H groups in total. The third kappa shape index (κ3) is 4.18. The molecule has 0 saturated heterocycles. The molecule has 0 fully saturated rings. The summed E-state index contributed by atoms with van der Waals surface area (Å²) in [5.74, 6) is 0.951. The Morgan fingerprint density at radius 3 is 2.53 bits per heavy atom. The van der Waals surface area contributed by atoms with Crippen molar-refractivity contribution in [1.82, 2.24) is 9.97 Å². The first kappa shape index (κ1) is 20.4. The van der Waals surface area contributed by atoms with Crippen LogP contribution in [-0.4, -0.2) is 21.4 Å². The number of aromatic nitrogens is 2. The van der Waals surface area contributed by atoms with Crippen molar-refractivity contribution in [2.75, 3.05) is 0 Å². The van der Waals surface area contributed by atoms with Crippen LogP contribution in [0.3, 0.4) is 0 Å². The maximum Gasteiger partial charge on any atom is 0.165 e. The van der Waals surface area contributed by atoms with Crippen molar-refractivity contribution in [3.63, 3.8) is 0 Å². The largest absolute Gasteiger partial charge is 0.486 e. The number of H-pyrrole nitrogens is 1. The zero-order valence-corrected chi connectivity index (χ0v) is 18.5. The van der Waals surface area contributed by atoms with E-state index in [4.69, 9.17) is 4.74 Å². The van der Waals surface area contributed by atoms with E-state index in [9.17, 15) is 4.79 Å². The molecule has 0 atom stereocenters. The van der Waals surface area contributed by atoms with E-state index in [-0.39, 0.29) is 16.8 Å². The van der Waals surface area contributed by atoms with Gasteiger partial charge in [0.1, 0.15) is 11.4 Å². The molecule has 3 aromatic rings. The molecule has 0 spiro atoms. The van der Waals surface area contributed by atoms with Gasteiger partial charge in [0.25, 0.3) is 0 Å². The summed E-state index contributed by atoms with van der Waals surface area (Å²) in [6, 6.07) is 12.3. The molecule has 2 heterocycles. The van der Waals surface area contributed by atoms with E-state index >= 15 is 0 Å². The van der Waals surface area contributed by atoms with Gasteiger partial charge in [0.2, 0.25) is 0 Å². The lowest BCUT2D eigenvalue weighted by Crippen LogP contribution is -2.27. The van der Waals surface area contributed by atoms with Crippen LogP contribution in [0.5, 0.6) is 5.75 Å². The van der Waals surface area contributed by atoms with E-state index < -0.39 is 0 Å². The van der Waals surface area contributed by atoms with E-state index in [0.29, 0.717) is 12.8 Å². The van der Waals surface area contributed by atoms with Gasteiger partial charge in [-0.15, -0.1) is 0 Å². The minimum absolute atomic E-state index is 0.0425. The molecule has 0 amide bonds. The average molecular weight is 403 g/mol. The number of ketones is 1. The Morgan fingerprint density at radius 2 is 1.83 bits per heavy atom.